The third-order valence-corrected chi connectivity index (χ3v) is 5.33. The number of phenols is 1. The molecule has 10 heteroatoms. The summed E-state index contributed by atoms with van der Waals surface area (Å²) in [5.74, 6) is -0.313. The van der Waals surface area contributed by atoms with Crippen molar-refractivity contribution in [2.75, 3.05) is 25.3 Å². The van der Waals surface area contributed by atoms with Crippen molar-refractivity contribution in [3.63, 3.8) is 0 Å². The minimum absolute atomic E-state index is 0.0629. The van der Waals surface area contributed by atoms with Crippen molar-refractivity contribution in [3.05, 3.63) is 58.4 Å². The maximum atomic E-state index is 12.2. The van der Waals surface area contributed by atoms with E-state index in [1.54, 1.807) is 37.4 Å². The highest BCUT2D eigenvalue weighted by Gasteiger charge is 2.21. The van der Waals surface area contributed by atoms with E-state index in [1.807, 2.05) is 0 Å². The number of carbonyl (C=O) groups excluding carboxylic acids is 1. The summed E-state index contributed by atoms with van der Waals surface area (Å²) in [6.45, 7) is 9.50. The third-order valence-electron chi connectivity index (χ3n) is 4.33. The van der Waals surface area contributed by atoms with Gasteiger partial charge in [0.25, 0.3) is 5.69 Å². The van der Waals surface area contributed by atoms with Gasteiger partial charge in [0, 0.05) is 5.56 Å². The van der Waals surface area contributed by atoms with Gasteiger partial charge in [-0.05, 0) is 37.4 Å². The molecule has 0 aliphatic rings. The first-order valence-electron chi connectivity index (χ1n) is 9.37. The second-order valence-electron chi connectivity index (χ2n) is 6.27. The van der Waals surface area contributed by atoms with Gasteiger partial charge in [0.05, 0.1) is 36.6 Å². The lowest BCUT2D eigenvalue weighted by atomic mass is 10.1. The van der Waals surface area contributed by atoms with Crippen molar-refractivity contribution in [1.29, 1.82) is 0 Å². The molecule has 164 valence electrons. The first-order valence-corrected chi connectivity index (χ1v) is 11.0. The second-order valence-corrected chi connectivity index (χ2v) is 7.47. The summed E-state index contributed by atoms with van der Waals surface area (Å²) < 4.78 is 10.2. The Morgan fingerprint density at radius 3 is 2.69 bits per heavy atom. The van der Waals surface area contributed by atoms with Gasteiger partial charge in [-0.3, -0.25) is 0 Å². The van der Waals surface area contributed by atoms with Crippen molar-refractivity contribution in [3.8, 4) is 22.9 Å². The topological polar surface area (TPSA) is 97.9 Å². The summed E-state index contributed by atoms with van der Waals surface area (Å²) in [7, 11) is 1.37. The third kappa shape index (κ3) is 4.72. The average Bonchev–Trinajstić information content (AvgIpc) is 2.80. The van der Waals surface area contributed by atoms with E-state index in [2.05, 4.69) is 20.1 Å². The highest BCUT2D eigenvalue weighted by atomic mass is 35.5. The fourth-order valence-electron chi connectivity index (χ4n) is 2.85. The number of methoxy groups -OCH3 is 1. The van der Waals surface area contributed by atoms with Crippen molar-refractivity contribution < 1.29 is 19.4 Å². The van der Waals surface area contributed by atoms with Crippen LogP contribution in [0.5, 0.6) is 11.5 Å². The van der Waals surface area contributed by atoms with Crippen LogP contribution in [0.15, 0.2) is 41.4 Å². The Morgan fingerprint density at radius 1 is 1.31 bits per heavy atom. The Morgan fingerprint density at radius 2 is 2.06 bits per heavy atom. The highest BCUT2D eigenvalue weighted by molar-refractivity contribution is 7.98. The first kappa shape index (κ1) is 23.2. The maximum absolute atomic E-state index is 12.2. The number of hydrogen-bond donors (Lipinski definition) is 2. The summed E-state index contributed by atoms with van der Waals surface area (Å²) in [6, 6.07) is 9.85. The number of carbonyl (C=O) groups is 1. The number of anilines is 2. The summed E-state index contributed by atoms with van der Waals surface area (Å²) in [6.07, 6.45) is 1.79. The lowest BCUT2D eigenvalue weighted by Crippen LogP contribution is -2.07. The minimum atomic E-state index is -0.580. The molecule has 3 aromatic rings. The van der Waals surface area contributed by atoms with E-state index in [0.717, 1.165) is 0 Å². The molecule has 0 aliphatic heterocycles. The van der Waals surface area contributed by atoms with E-state index in [0.29, 0.717) is 21.4 Å². The average molecular weight is 471 g/mol. The number of rotatable bonds is 7. The number of phenolic OH excluding ortho intramolecular Hbond substituents is 1. The van der Waals surface area contributed by atoms with Crippen LogP contribution >= 0.6 is 23.4 Å². The van der Waals surface area contributed by atoms with Crippen molar-refractivity contribution in [1.82, 2.24) is 9.97 Å². The maximum Gasteiger partial charge on any atom is 0.338 e. The molecule has 1 aromatic heterocycles. The number of benzene rings is 2. The molecule has 3 rings (SSSR count). The number of hydrogen-bond acceptors (Lipinski definition) is 8. The molecule has 1 heterocycles. The quantitative estimate of drug-likeness (QED) is 0.149. The van der Waals surface area contributed by atoms with Gasteiger partial charge in [-0.15, -0.1) is 11.8 Å². The molecule has 32 heavy (non-hydrogen) atoms. The fraction of sp³-hybridized carbons (Fsp3) is 0.182. The number of thioether (sulfide) groups is 1. The predicted molar refractivity (Wildman–Crippen MR) is 124 cm³/mol. The van der Waals surface area contributed by atoms with E-state index in [-0.39, 0.29) is 40.9 Å². The number of esters is 1. The molecule has 0 atom stereocenters. The van der Waals surface area contributed by atoms with Crippen molar-refractivity contribution >= 4 is 46.5 Å². The summed E-state index contributed by atoms with van der Waals surface area (Å²) in [4.78, 5) is 24.8. The highest BCUT2D eigenvalue weighted by Crippen LogP contribution is 2.41. The molecule has 2 N–H and O–H groups in total. The molecule has 0 spiro atoms. The molecule has 0 bridgehead atoms. The van der Waals surface area contributed by atoms with Crippen LogP contribution in [0.4, 0.5) is 17.2 Å². The van der Waals surface area contributed by atoms with Crippen molar-refractivity contribution in [2.45, 2.75) is 11.9 Å². The monoisotopic (exact) mass is 470 g/mol. The van der Waals surface area contributed by atoms with Crippen LogP contribution in [0.25, 0.3) is 16.2 Å². The van der Waals surface area contributed by atoms with Crippen LogP contribution in [-0.2, 0) is 4.74 Å². The zero-order valence-electron chi connectivity index (χ0n) is 17.5. The molecule has 0 amide bonds. The van der Waals surface area contributed by atoms with Crippen molar-refractivity contribution in [2.24, 2.45) is 0 Å². The van der Waals surface area contributed by atoms with Crippen LogP contribution in [-0.4, -0.2) is 41.0 Å². The first-order chi connectivity index (χ1) is 15.4. The summed E-state index contributed by atoms with van der Waals surface area (Å²) in [5.41, 5.74) is 1.03. The Hall–Kier alpha value is -3.48. The van der Waals surface area contributed by atoms with E-state index >= 15 is 0 Å². The van der Waals surface area contributed by atoms with Gasteiger partial charge in [0.15, 0.2) is 17.3 Å². The predicted octanol–water partition coefficient (Wildman–Crippen LogP) is 5.70. The molecule has 8 nitrogen and oxygen atoms in total. The van der Waals surface area contributed by atoms with E-state index in [1.165, 1.54) is 31.0 Å². The molecule has 0 aliphatic carbocycles. The van der Waals surface area contributed by atoms with Gasteiger partial charge in [0.2, 0.25) is 0 Å². The van der Waals surface area contributed by atoms with Gasteiger partial charge in [-0.2, -0.15) is 0 Å². The number of aromatic hydroxyl groups is 1. The Labute approximate surface area is 194 Å². The van der Waals surface area contributed by atoms with Crippen LogP contribution in [0, 0.1) is 6.57 Å². The van der Waals surface area contributed by atoms with Gasteiger partial charge in [0.1, 0.15) is 10.8 Å². The van der Waals surface area contributed by atoms with Crippen LogP contribution < -0.4 is 10.1 Å². The SMILES string of the molecule is [C-]#[N+]c1c(Nc2cc(C(=O)OCC)cc(OC)c2O)nc(-c2ccccc2Cl)nc1SC. The van der Waals surface area contributed by atoms with Gasteiger partial charge >= 0.3 is 5.97 Å². The Bertz CT molecular complexity index is 1210. The molecular formula is C22H19ClN4O4S. The smallest absolute Gasteiger partial charge is 0.338 e. The Kier molecular flexibility index (Phi) is 7.41. The molecule has 0 saturated carbocycles. The normalized spacial score (nSPS) is 10.3. The lowest BCUT2D eigenvalue weighted by Gasteiger charge is -2.16. The van der Waals surface area contributed by atoms with Gasteiger partial charge < -0.3 is 19.9 Å². The summed E-state index contributed by atoms with van der Waals surface area (Å²) in [5, 5.41) is 14.5. The summed E-state index contributed by atoms with van der Waals surface area (Å²) >= 11 is 7.59. The molecule has 0 radical (unpaired) electrons. The van der Waals surface area contributed by atoms with Gasteiger partial charge in [-0.1, -0.05) is 23.7 Å². The van der Waals surface area contributed by atoms with E-state index < -0.39 is 5.97 Å². The van der Waals surface area contributed by atoms with E-state index in [4.69, 9.17) is 27.6 Å². The van der Waals surface area contributed by atoms with E-state index in [9.17, 15) is 9.90 Å². The number of nitrogens with one attached hydrogen (secondary N) is 1. The standard InChI is InChI=1S/C22H19ClN4O4S/c1-5-31-22(29)12-10-15(18(28)16(11-12)30-3)25-20-17(24-2)21(32-4)27-19(26-20)13-8-6-7-9-14(13)23/h6-11,28H,5H2,1,3-4H3,(H,25,26,27). The van der Waals surface area contributed by atoms with Crippen LogP contribution in [0.2, 0.25) is 5.02 Å². The Balaban J connectivity index is 2.17. The minimum Gasteiger partial charge on any atom is -0.503 e. The zero-order valence-corrected chi connectivity index (χ0v) is 19.0. The second kappa shape index (κ2) is 10.2. The molecule has 0 saturated heterocycles. The van der Waals surface area contributed by atoms with Gasteiger partial charge in [-0.25, -0.2) is 19.6 Å². The molecular weight excluding hydrogens is 452 g/mol. The molecule has 2 aromatic carbocycles. The van der Waals surface area contributed by atoms with Crippen LogP contribution in [0.3, 0.4) is 0 Å². The molecule has 0 fully saturated rings. The molecule has 0 unspecified atom stereocenters. The fourth-order valence-corrected chi connectivity index (χ4v) is 3.58. The number of nitrogens with zero attached hydrogens (tertiary/aromatic N) is 3. The number of ether oxygens (including phenoxy) is 2. The largest absolute Gasteiger partial charge is 0.503 e. The number of halogens is 1. The lowest BCUT2D eigenvalue weighted by molar-refractivity contribution is 0.0526. The number of aromatic nitrogens is 2. The van der Waals surface area contributed by atoms with Crippen LogP contribution in [0.1, 0.15) is 17.3 Å². The zero-order chi connectivity index (χ0) is 23.3.